The van der Waals surface area contributed by atoms with E-state index in [1.165, 1.54) is 87.6 Å². The van der Waals surface area contributed by atoms with Gasteiger partial charge in [0.15, 0.2) is 0 Å². The lowest BCUT2D eigenvalue weighted by molar-refractivity contribution is 1.63. The molecule has 0 aliphatic rings. The molecule has 0 radical (unpaired) electrons. The van der Waals surface area contributed by atoms with E-state index in [-0.39, 0.29) is 0 Å². The van der Waals surface area contributed by atoms with Crippen LogP contribution in [0.1, 0.15) is 0 Å². The van der Waals surface area contributed by atoms with Crippen LogP contribution in [0.4, 0.5) is 0 Å². The third kappa shape index (κ3) is 4.30. The fraction of sp³-hybridized carbons (Fsp3) is 0. The molecule has 0 fully saturated rings. The number of hydrogen-bond acceptors (Lipinski definition) is 0. The molecule has 0 aliphatic heterocycles. The zero-order valence-electron chi connectivity index (χ0n) is 25.3. The Morgan fingerprint density at radius 3 is 1.00 bits per heavy atom. The molecule has 0 bridgehead atoms. The molecular weight excluding hydrogens is 553 g/mol. The topological polar surface area (TPSA) is 0 Å². The Hall–Kier alpha value is -5.98. The zero-order valence-corrected chi connectivity index (χ0v) is 25.3. The van der Waals surface area contributed by atoms with E-state index in [0.29, 0.717) is 0 Å². The minimum Gasteiger partial charge on any atom is -0.0622 e. The standard InChI is InChI=1S/C46H30/c1-3-13-31(14-4-1)37-21-11-23-41-43(29-35-17-7-9-19-39(35)45(37)41)33-25-27-34(28-26-33)44-30-36-18-8-10-20-40(36)46-38(22-12-24-42(44)46)32-15-5-2-6-16-32/h1-30H. The molecule has 0 amide bonds. The fourth-order valence-corrected chi connectivity index (χ4v) is 7.33. The Morgan fingerprint density at radius 1 is 0.217 bits per heavy atom. The van der Waals surface area contributed by atoms with E-state index >= 15 is 0 Å². The summed E-state index contributed by atoms with van der Waals surface area (Å²) in [5.41, 5.74) is 9.97. The Labute approximate surface area is 268 Å². The molecule has 0 heterocycles. The maximum atomic E-state index is 2.36. The third-order valence-corrected chi connectivity index (χ3v) is 9.45. The predicted octanol–water partition coefficient (Wildman–Crippen LogP) is 13.0. The second kappa shape index (κ2) is 10.9. The smallest absolute Gasteiger partial charge is 0.00206 e. The summed E-state index contributed by atoms with van der Waals surface area (Å²) in [7, 11) is 0. The van der Waals surface area contributed by atoms with Gasteiger partial charge in [-0.2, -0.15) is 0 Å². The van der Waals surface area contributed by atoms with Crippen molar-refractivity contribution in [3.05, 3.63) is 182 Å². The van der Waals surface area contributed by atoms with E-state index in [1.54, 1.807) is 0 Å². The molecule has 0 saturated heterocycles. The van der Waals surface area contributed by atoms with Crippen molar-refractivity contribution in [2.75, 3.05) is 0 Å². The van der Waals surface area contributed by atoms with Gasteiger partial charge in [-0.15, -0.1) is 0 Å². The van der Waals surface area contributed by atoms with E-state index in [0.717, 1.165) is 0 Å². The Balaban J connectivity index is 1.25. The SMILES string of the molecule is c1ccc(-c2cccc3c(-c4ccc(-c5cc6ccccc6c6c(-c7ccccc7)cccc56)cc4)cc4ccccc4c23)cc1. The van der Waals surface area contributed by atoms with Gasteiger partial charge in [-0.1, -0.05) is 170 Å². The molecule has 0 spiro atoms. The molecule has 9 aromatic rings. The fourth-order valence-electron chi connectivity index (χ4n) is 7.33. The van der Waals surface area contributed by atoms with Crippen LogP contribution in [0.2, 0.25) is 0 Å². The molecule has 0 aromatic heterocycles. The summed E-state index contributed by atoms with van der Waals surface area (Å²) in [6, 6.07) is 66.4. The van der Waals surface area contributed by atoms with Gasteiger partial charge in [0.2, 0.25) is 0 Å². The minimum absolute atomic E-state index is 1.22. The van der Waals surface area contributed by atoms with Crippen LogP contribution >= 0.6 is 0 Å². The van der Waals surface area contributed by atoms with E-state index in [4.69, 9.17) is 0 Å². The number of hydrogen-bond donors (Lipinski definition) is 0. The summed E-state index contributed by atoms with van der Waals surface area (Å²) < 4.78 is 0. The first-order valence-electron chi connectivity index (χ1n) is 15.9. The van der Waals surface area contributed by atoms with Gasteiger partial charge in [-0.3, -0.25) is 0 Å². The highest BCUT2D eigenvalue weighted by Gasteiger charge is 2.15. The minimum atomic E-state index is 1.22. The quantitative estimate of drug-likeness (QED) is 0.181. The van der Waals surface area contributed by atoms with Crippen molar-refractivity contribution in [1.82, 2.24) is 0 Å². The van der Waals surface area contributed by atoms with Gasteiger partial charge in [-0.25, -0.2) is 0 Å². The van der Waals surface area contributed by atoms with Crippen LogP contribution in [0.25, 0.3) is 87.6 Å². The normalized spacial score (nSPS) is 11.5. The zero-order chi connectivity index (χ0) is 30.5. The van der Waals surface area contributed by atoms with Gasteiger partial charge >= 0.3 is 0 Å². The van der Waals surface area contributed by atoms with Gasteiger partial charge in [-0.05, 0) is 99.7 Å². The Kier molecular flexibility index (Phi) is 6.25. The average molecular weight is 583 g/mol. The lowest BCUT2D eigenvalue weighted by Crippen LogP contribution is -1.90. The Morgan fingerprint density at radius 2 is 0.565 bits per heavy atom. The van der Waals surface area contributed by atoms with Crippen molar-refractivity contribution >= 4 is 43.1 Å². The van der Waals surface area contributed by atoms with Gasteiger partial charge in [0.25, 0.3) is 0 Å². The lowest BCUT2D eigenvalue weighted by Gasteiger charge is -2.16. The first-order chi connectivity index (χ1) is 22.8. The van der Waals surface area contributed by atoms with E-state index in [9.17, 15) is 0 Å². The first kappa shape index (κ1) is 26.4. The maximum absolute atomic E-state index is 2.36. The molecule has 46 heavy (non-hydrogen) atoms. The van der Waals surface area contributed by atoms with Crippen LogP contribution < -0.4 is 0 Å². The van der Waals surface area contributed by atoms with Crippen molar-refractivity contribution in [3.8, 4) is 44.5 Å². The summed E-state index contributed by atoms with van der Waals surface area (Å²) >= 11 is 0. The van der Waals surface area contributed by atoms with Crippen molar-refractivity contribution in [2.45, 2.75) is 0 Å². The largest absolute Gasteiger partial charge is 0.0622 e. The number of benzene rings is 9. The van der Waals surface area contributed by atoms with Gasteiger partial charge < -0.3 is 0 Å². The van der Waals surface area contributed by atoms with E-state index in [1.807, 2.05) is 0 Å². The molecular formula is C46H30. The summed E-state index contributed by atoms with van der Waals surface area (Å²) in [5.74, 6) is 0. The molecule has 9 rings (SSSR count). The lowest BCUT2D eigenvalue weighted by atomic mass is 9.87. The number of fused-ring (bicyclic) bond motifs is 6. The molecule has 0 aliphatic carbocycles. The summed E-state index contributed by atoms with van der Waals surface area (Å²) in [6.45, 7) is 0. The number of rotatable bonds is 4. The van der Waals surface area contributed by atoms with Crippen LogP contribution in [0.15, 0.2) is 182 Å². The van der Waals surface area contributed by atoms with Gasteiger partial charge in [0, 0.05) is 0 Å². The van der Waals surface area contributed by atoms with Crippen molar-refractivity contribution in [1.29, 1.82) is 0 Å². The molecule has 0 atom stereocenters. The molecule has 0 nitrogen and oxygen atoms in total. The van der Waals surface area contributed by atoms with Crippen LogP contribution in [-0.4, -0.2) is 0 Å². The summed E-state index contributed by atoms with van der Waals surface area (Å²) in [4.78, 5) is 0. The van der Waals surface area contributed by atoms with Crippen LogP contribution in [0.3, 0.4) is 0 Å². The second-order valence-corrected chi connectivity index (χ2v) is 12.1. The highest BCUT2D eigenvalue weighted by atomic mass is 14.2. The summed E-state index contributed by atoms with van der Waals surface area (Å²) in [5, 5.41) is 10.2. The van der Waals surface area contributed by atoms with Crippen molar-refractivity contribution in [2.24, 2.45) is 0 Å². The molecule has 214 valence electrons. The van der Waals surface area contributed by atoms with E-state index < -0.39 is 0 Å². The average Bonchev–Trinajstić information content (AvgIpc) is 3.14. The first-order valence-corrected chi connectivity index (χ1v) is 15.9. The highest BCUT2D eigenvalue weighted by Crippen LogP contribution is 2.43. The maximum Gasteiger partial charge on any atom is -0.00206 e. The Bertz CT molecular complexity index is 2360. The van der Waals surface area contributed by atoms with Gasteiger partial charge in [0.1, 0.15) is 0 Å². The molecule has 9 aromatic carbocycles. The van der Waals surface area contributed by atoms with E-state index in [2.05, 4.69) is 182 Å². The second-order valence-electron chi connectivity index (χ2n) is 12.1. The monoisotopic (exact) mass is 582 g/mol. The molecule has 0 N–H and O–H groups in total. The highest BCUT2D eigenvalue weighted by molar-refractivity contribution is 6.20. The van der Waals surface area contributed by atoms with Crippen LogP contribution in [0.5, 0.6) is 0 Å². The summed E-state index contributed by atoms with van der Waals surface area (Å²) in [6.07, 6.45) is 0. The van der Waals surface area contributed by atoms with Crippen LogP contribution in [-0.2, 0) is 0 Å². The molecule has 0 saturated carbocycles. The molecule has 0 heteroatoms. The van der Waals surface area contributed by atoms with Crippen LogP contribution in [0, 0.1) is 0 Å². The predicted molar refractivity (Wildman–Crippen MR) is 198 cm³/mol. The van der Waals surface area contributed by atoms with Crippen molar-refractivity contribution < 1.29 is 0 Å². The molecule has 0 unspecified atom stereocenters. The third-order valence-electron chi connectivity index (χ3n) is 9.45. The van der Waals surface area contributed by atoms with Gasteiger partial charge in [0.05, 0.1) is 0 Å². The van der Waals surface area contributed by atoms with Crippen molar-refractivity contribution in [3.63, 3.8) is 0 Å².